The lowest BCUT2D eigenvalue weighted by atomic mass is 10.1. The third kappa shape index (κ3) is 5.30. The molecule has 0 saturated carbocycles. The molecular weight excluding hydrogens is 357 g/mol. The number of hydrogen-bond donors (Lipinski definition) is 1. The molecule has 0 atom stereocenters. The Labute approximate surface area is 166 Å². The van der Waals surface area contributed by atoms with Crippen LogP contribution in [0.2, 0.25) is 0 Å². The van der Waals surface area contributed by atoms with Crippen LogP contribution >= 0.6 is 0 Å². The average molecular weight is 385 g/mol. The Kier molecular flexibility index (Phi) is 6.65. The highest BCUT2D eigenvalue weighted by molar-refractivity contribution is 5.93. The first-order chi connectivity index (χ1) is 13.4. The fraction of sp³-hybridized carbons (Fsp3) is 0.409. The number of nitrogens with zero attached hydrogens (tertiary/aromatic N) is 2. The van der Waals surface area contributed by atoms with Crippen molar-refractivity contribution in [3.8, 4) is 5.75 Å². The van der Waals surface area contributed by atoms with Crippen molar-refractivity contribution < 1.29 is 13.9 Å². The number of carbonyl (C=O) groups excluding carboxylic acids is 1. The van der Waals surface area contributed by atoms with E-state index < -0.39 is 0 Å². The molecule has 1 aliphatic rings. The minimum atomic E-state index is -0.332. The number of benzene rings is 2. The summed E-state index contributed by atoms with van der Waals surface area (Å²) in [4.78, 5) is 16.8. The maximum absolute atomic E-state index is 13.8. The van der Waals surface area contributed by atoms with Gasteiger partial charge in [0.05, 0.1) is 13.7 Å². The fourth-order valence-corrected chi connectivity index (χ4v) is 3.44. The number of piperazine rings is 1. The van der Waals surface area contributed by atoms with Crippen molar-refractivity contribution >= 4 is 11.6 Å². The maximum Gasteiger partial charge on any atom is 0.238 e. The molecule has 5 nitrogen and oxygen atoms in total. The van der Waals surface area contributed by atoms with Crippen molar-refractivity contribution in [2.45, 2.75) is 20.4 Å². The van der Waals surface area contributed by atoms with Crippen LogP contribution in [0.3, 0.4) is 0 Å². The Balaban J connectivity index is 1.46. The molecule has 1 amide bonds. The SMILES string of the molecule is COc1ccc(CN2CCN(CC(=O)Nc3cc(C)ccc3C)CC2)cc1F. The number of methoxy groups -OCH3 is 1. The molecule has 1 N–H and O–H groups in total. The normalized spacial score (nSPS) is 15.4. The van der Waals surface area contributed by atoms with E-state index in [2.05, 4.69) is 15.1 Å². The summed E-state index contributed by atoms with van der Waals surface area (Å²) in [5.74, 6) is -0.0513. The van der Waals surface area contributed by atoms with E-state index in [4.69, 9.17) is 4.74 Å². The molecule has 6 heteroatoms. The summed E-state index contributed by atoms with van der Waals surface area (Å²) < 4.78 is 18.8. The quantitative estimate of drug-likeness (QED) is 0.829. The van der Waals surface area contributed by atoms with Crippen molar-refractivity contribution in [1.82, 2.24) is 9.80 Å². The van der Waals surface area contributed by atoms with Gasteiger partial charge in [0.25, 0.3) is 0 Å². The minimum absolute atomic E-state index is 0.0133. The van der Waals surface area contributed by atoms with Gasteiger partial charge in [-0.25, -0.2) is 4.39 Å². The Morgan fingerprint density at radius 1 is 1.07 bits per heavy atom. The van der Waals surface area contributed by atoms with Gasteiger partial charge in [0.15, 0.2) is 11.6 Å². The predicted molar refractivity (Wildman–Crippen MR) is 109 cm³/mol. The van der Waals surface area contributed by atoms with E-state index in [1.165, 1.54) is 13.2 Å². The predicted octanol–water partition coefficient (Wildman–Crippen LogP) is 3.21. The molecule has 2 aromatic rings. The lowest BCUT2D eigenvalue weighted by Gasteiger charge is -2.34. The van der Waals surface area contributed by atoms with E-state index >= 15 is 0 Å². The van der Waals surface area contributed by atoms with Gasteiger partial charge in [-0.2, -0.15) is 0 Å². The molecule has 1 saturated heterocycles. The first-order valence-electron chi connectivity index (χ1n) is 9.59. The van der Waals surface area contributed by atoms with Crippen molar-refractivity contribution in [2.75, 3.05) is 45.2 Å². The molecule has 0 unspecified atom stereocenters. The summed E-state index contributed by atoms with van der Waals surface area (Å²) in [6, 6.07) is 11.1. The summed E-state index contributed by atoms with van der Waals surface area (Å²) in [6.07, 6.45) is 0. The zero-order valence-corrected chi connectivity index (χ0v) is 16.8. The van der Waals surface area contributed by atoms with Gasteiger partial charge in [-0.15, -0.1) is 0 Å². The zero-order valence-electron chi connectivity index (χ0n) is 16.8. The highest BCUT2D eigenvalue weighted by atomic mass is 19.1. The topological polar surface area (TPSA) is 44.8 Å². The van der Waals surface area contributed by atoms with Gasteiger partial charge in [0.2, 0.25) is 5.91 Å². The van der Waals surface area contributed by atoms with Gasteiger partial charge in [0, 0.05) is 38.4 Å². The van der Waals surface area contributed by atoms with Crippen molar-refractivity contribution in [2.24, 2.45) is 0 Å². The molecular formula is C22H28FN3O2. The molecule has 0 spiro atoms. The number of halogens is 1. The number of carbonyl (C=O) groups is 1. The molecule has 1 aliphatic heterocycles. The molecule has 0 radical (unpaired) electrons. The summed E-state index contributed by atoms with van der Waals surface area (Å²) in [6.45, 7) is 8.44. The summed E-state index contributed by atoms with van der Waals surface area (Å²) in [7, 11) is 1.47. The van der Waals surface area contributed by atoms with Gasteiger partial charge in [-0.3, -0.25) is 14.6 Å². The van der Waals surface area contributed by atoms with Crippen LogP contribution in [0.5, 0.6) is 5.75 Å². The molecule has 1 heterocycles. The number of amides is 1. The number of nitrogens with one attached hydrogen (secondary N) is 1. The Bertz CT molecular complexity index is 833. The largest absolute Gasteiger partial charge is 0.494 e. The number of anilines is 1. The zero-order chi connectivity index (χ0) is 20.1. The fourth-order valence-electron chi connectivity index (χ4n) is 3.44. The van der Waals surface area contributed by atoms with Crippen LogP contribution in [0.4, 0.5) is 10.1 Å². The second-order valence-corrected chi connectivity index (χ2v) is 7.39. The molecule has 0 aliphatic carbocycles. The van der Waals surface area contributed by atoms with Crippen LogP contribution in [0.15, 0.2) is 36.4 Å². The smallest absolute Gasteiger partial charge is 0.238 e. The monoisotopic (exact) mass is 385 g/mol. The first-order valence-corrected chi connectivity index (χ1v) is 9.59. The standard InChI is InChI=1S/C22H28FN3O2/c1-16-4-5-17(2)20(12-16)24-22(27)15-26-10-8-25(9-11-26)14-18-6-7-21(28-3)19(23)13-18/h4-7,12-13H,8-11,14-15H2,1-3H3,(H,24,27). The lowest BCUT2D eigenvalue weighted by Crippen LogP contribution is -2.48. The molecule has 28 heavy (non-hydrogen) atoms. The highest BCUT2D eigenvalue weighted by Crippen LogP contribution is 2.19. The number of hydrogen-bond acceptors (Lipinski definition) is 4. The maximum atomic E-state index is 13.8. The van der Waals surface area contributed by atoms with E-state index in [0.29, 0.717) is 13.1 Å². The lowest BCUT2D eigenvalue weighted by molar-refractivity contribution is -0.117. The molecule has 0 aromatic heterocycles. The molecule has 2 aromatic carbocycles. The number of aryl methyl sites for hydroxylation is 2. The summed E-state index contributed by atoms with van der Waals surface area (Å²) in [5.41, 5.74) is 4.00. The van der Waals surface area contributed by atoms with Gasteiger partial charge in [-0.05, 0) is 48.7 Å². The van der Waals surface area contributed by atoms with E-state index in [9.17, 15) is 9.18 Å². The highest BCUT2D eigenvalue weighted by Gasteiger charge is 2.19. The second-order valence-electron chi connectivity index (χ2n) is 7.39. The van der Waals surface area contributed by atoms with Crippen LogP contribution in [-0.4, -0.2) is 55.5 Å². The van der Waals surface area contributed by atoms with Gasteiger partial charge in [-0.1, -0.05) is 18.2 Å². The van der Waals surface area contributed by atoms with Crippen LogP contribution in [-0.2, 0) is 11.3 Å². The van der Waals surface area contributed by atoms with Crippen LogP contribution < -0.4 is 10.1 Å². The van der Waals surface area contributed by atoms with Crippen LogP contribution in [0.1, 0.15) is 16.7 Å². The van der Waals surface area contributed by atoms with E-state index in [-0.39, 0.29) is 17.5 Å². The average Bonchev–Trinajstić information content (AvgIpc) is 2.66. The molecule has 150 valence electrons. The Morgan fingerprint density at radius 2 is 1.79 bits per heavy atom. The minimum Gasteiger partial charge on any atom is -0.494 e. The van der Waals surface area contributed by atoms with E-state index in [1.807, 2.05) is 38.1 Å². The van der Waals surface area contributed by atoms with Gasteiger partial charge >= 0.3 is 0 Å². The summed E-state index contributed by atoms with van der Waals surface area (Å²) >= 11 is 0. The molecule has 0 bridgehead atoms. The van der Waals surface area contributed by atoms with Gasteiger partial charge in [0.1, 0.15) is 0 Å². The van der Waals surface area contributed by atoms with Crippen molar-refractivity contribution in [3.05, 3.63) is 58.9 Å². The van der Waals surface area contributed by atoms with E-state index in [1.54, 1.807) is 6.07 Å². The third-order valence-electron chi connectivity index (χ3n) is 5.12. The number of ether oxygens (including phenoxy) is 1. The van der Waals surface area contributed by atoms with Crippen molar-refractivity contribution in [3.63, 3.8) is 0 Å². The third-order valence-corrected chi connectivity index (χ3v) is 5.12. The summed E-state index contributed by atoms with van der Waals surface area (Å²) in [5, 5.41) is 3.02. The van der Waals surface area contributed by atoms with E-state index in [0.717, 1.165) is 48.6 Å². The molecule has 3 rings (SSSR count). The second kappa shape index (κ2) is 9.17. The van der Waals surface area contributed by atoms with Crippen LogP contribution in [0.25, 0.3) is 0 Å². The van der Waals surface area contributed by atoms with Crippen molar-refractivity contribution in [1.29, 1.82) is 0 Å². The molecule has 1 fully saturated rings. The number of rotatable bonds is 6. The van der Waals surface area contributed by atoms with Gasteiger partial charge < -0.3 is 10.1 Å². The van der Waals surface area contributed by atoms with Crippen LogP contribution in [0, 0.1) is 19.7 Å². The first kappa shape index (κ1) is 20.3. The Hall–Kier alpha value is -2.44. The Morgan fingerprint density at radius 3 is 2.46 bits per heavy atom.